The van der Waals surface area contributed by atoms with Crippen LogP contribution < -0.4 is 19.7 Å². The molecule has 1 fully saturated rings. The van der Waals surface area contributed by atoms with Crippen molar-refractivity contribution in [2.45, 2.75) is 20.3 Å². The van der Waals surface area contributed by atoms with Gasteiger partial charge >= 0.3 is 0 Å². The Bertz CT molecular complexity index is 878. The van der Waals surface area contributed by atoms with Crippen molar-refractivity contribution < 1.29 is 19.1 Å². The lowest BCUT2D eigenvalue weighted by molar-refractivity contribution is -0.122. The van der Waals surface area contributed by atoms with Gasteiger partial charge < -0.3 is 19.7 Å². The van der Waals surface area contributed by atoms with E-state index in [1.54, 1.807) is 37.3 Å². The maximum atomic E-state index is 12.7. The van der Waals surface area contributed by atoms with Gasteiger partial charge in [-0.25, -0.2) is 0 Å². The maximum Gasteiger partial charge on any atom is 0.229 e. The molecule has 1 N–H and O–H groups in total. The highest BCUT2D eigenvalue weighted by Crippen LogP contribution is 2.32. The van der Waals surface area contributed by atoms with Gasteiger partial charge in [0.1, 0.15) is 0 Å². The predicted molar refractivity (Wildman–Crippen MR) is 105 cm³/mol. The minimum atomic E-state index is -0.397. The molecule has 1 aliphatic heterocycles. The topological polar surface area (TPSA) is 67.9 Å². The van der Waals surface area contributed by atoms with Gasteiger partial charge in [-0.05, 0) is 37.6 Å². The first-order valence-electron chi connectivity index (χ1n) is 8.83. The highest BCUT2D eigenvalue weighted by Gasteiger charge is 2.35. The van der Waals surface area contributed by atoms with Crippen LogP contribution in [0.2, 0.25) is 0 Å². The molecule has 142 valence electrons. The lowest BCUT2D eigenvalue weighted by Crippen LogP contribution is -2.28. The lowest BCUT2D eigenvalue weighted by Gasteiger charge is -2.19. The predicted octanol–water partition coefficient (Wildman–Crippen LogP) is 3.31. The van der Waals surface area contributed by atoms with Crippen molar-refractivity contribution in [1.82, 2.24) is 0 Å². The van der Waals surface area contributed by atoms with Crippen LogP contribution in [0.1, 0.15) is 17.5 Å². The van der Waals surface area contributed by atoms with Gasteiger partial charge in [0.25, 0.3) is 0 Å². The molecule has 6 heteroatoms. The molecule has 1 heterocycles. The molecular formula is C21H24N2O4. The van der Waals surface area contributed by atoms with Crippen molar-refractivity contribution in [3.8, 4) is 11.5 Å². The van der Waals surface area contributed by atoms with E-state index in [2.05, 4.69) is 5.32 Å². The summed E-state index contributed by atoms with van der Waals surface area (Å²) >= 11 is 0. The number of nitrogens with zero attached hydrogens (tertiary/aromatic N) is 1. The molecule has 0 bridgehead atoms. The van der Waals surface area contributed by atoms with Gasteiger partial charge in [-0.1, -0.05) is 17.7 Å². The SMILES string of the molecule is COc1ccc(NC(=O)C2CC(=O)N(c3ccc(C)cc3C)C2)cc1OC. The lowest BCUT2D eigenvalue weighted by atomic mass is 10.1. The molecule has 2 aromatic carbocycles. The summed E-state index contributed by atoms with van der Waals surface area (Å²) in [5, 5.41) is 2.87. The van der Waals surface area contributed by atoms with Gasteiger partial charge in [-0.3, -0.25) is 9.59 Å². The average molecular weight is 368 g/mol. The second-order valence-electron chi connectivity index (χ2n) is 6.75. The number of hydrogen-bond donors (Lipinski definition) is 1. The number of aryl methyl sites for hydroxylation is 2. The van der Waals surface area contributed by atoms with Crippen molar-refractivity contribution in [3.05, 3.63) is 47.5 Å². The summed E-state index contributed by atoms with van der Waals surface area (Å²) in [5.41, 5.74) is 3.65. The van der Waals surface area contributed by atoms with Gasteiger partial charge in [0, 0.05) is 30.4 Å². The summed E-state index contributed by atoms with van der Waals surface area (Å²) in [6.07, 6.45) is 0.201. The number of amides is 2. The minimum Gasteiger partial charge on any atom is -0.493 e. The Morgan fingerprint density at radius 1 is 1.07 bits per heavy atom. The highest BCUT2D eigenvalue weighted by atomic mass is 16.5. The van der Waals surface area contributed by atoms with E-state index >= 15 is 0 Å². The van der Waals surface area contributed by atoms with Gasteiger partial charge in [0.2, 0.25) is 11.8 Å². The molecule has 2 aromatic rings. The number of methoxy groups -OCH3 is 2. The smallest absolute Gasteiger partial charge is 0.229 e. The van der Waals surface area contributed by atoms with Crippen molar-refractivity contribution in [1.29, 1.82) is 0 Å². The summed E-state index contributed by atoms with van der Waals surface area (Å²) in [6, 6.07) is 11.1. The molecule has 0 saturated carbocycles. The molecule has 1 atom stereocenters. The van der Waals surface area contributed by atoms with Crippen LogP contribution in [0.25, 0.3) is 0 Å². The summed E-state index contributed by atoms with van der Waals surface area (Å²) in [5.74, 6) is 0.519. The van der Waals surface area contributed by atoms with E-state index in [0.717, 1.165) is 16.8 Å². The Hall–Kier alpha value is -3.02. The van der Waals surface area contributed by atoms with E-state index in [4.69, 9.17) is 9.47 Å². The van der Waals surface area contributed by atoms with E-state index in [0.29, 0.717) is 23.7 Å². The highest BCUT2D eigenvalue weighted by molar-refractivity contribution is 6.04. The van der Waals surface area contributed by atoms with E-state index in [1.165, 1.54) is 0 Å². The fraction of sp³-hybridized carbons (Fsp3) is 0.333. The Labute approximate surface area is 159 Å². The van der Waals surface area contributed by atoms with Crippen LogP contribution in [0.5, 0.6) is 11.5 Å². The molecule has 3 rings (SSSR count). The number of carbonyl (C=O) groups excluding carboxylic acids is 2. The number of benzene rings is 2. The molecular weight excluding hydrogens is 344 g/mol. The molecule has 0 aromatic heterocycles. The van der Waals surface area contributed by atoms with Crippen LogP contribution in [0, 0.1) is 19.8 Å². The zero-order valence-corrected chi connectivity index (χ0v) is 16.0. The van der Waals surface area contributed by atoms with Crippen LogP contribution in [0.3, 0.4) is 0 Å². The van der Waals surface area contributed by atoms with E-state index < -0.39 is 5.92 Å². The van der Waals surface area contributed by atoms with Crippen molar-refractivity contribution in [2.75, 3.05) is 31.0 Å². The number of rotatable bonds is 5. The summed E-state index contributed by atoms with van der Waals surface area (Å²) in [6.45, 7) is 4.37. The fourth-order valence-electron chi connectivity index (χ4n) is 3.38. The second-order valence-corrected chi connectivity index (χ2v) is 6.75. The number of nitrogens with one attached hydrogen (secondary N) is 1. The van der Waals surface area contributed by atoms with Crippen LogP contribution in [-0.2, 0) is 9.59 Å². The first-order chi connectivity index (χ1) is 12.9. The van der Waals surface area contributed by atoms with E-state index in [1.807, 2.05) is 32.0 Å². The molecule has 2 amide bonds. The van der Waals surface area contributed by atoms with E-state index in [9.17, 15) is 9.59 Å². The Kier molecular flexibility index (Phi) is 5.35. The largest absolute Gasteiger partial charge is 0.493 e. The van der Waals surface area contributed by atoms with E-state index in [-0.39, 0.29) is 18.2 Å². The molecule has 1 aliphatic rings. The van der Waals surface area contributed by atoms with Gasteiger partial charge in [-0.15, -0.1) is 0 Å². The maximum absolute atomic E-state index is 12.7. The first kappa shape index (κ1) is 18.8. The Morgan fingerprint density at radius 2 is 1.81 bits per heavy atom. The van der Waals surface area contributed by atoms with Gasteiger partial charge in [-0.2, -0.15) is 0 Å². The van der Waals surface area contributed by atoms with Gasteiger partial charge in [0.05, 0.1) is 20.1 Å². The Morgan fingerprint density at radius 3 is 2.48 bits per heavy atom. The number of ether oxygens (including phenoxy) is 2. The third-order valence-corrected chi connectivity index (χ3v) is 4.79. The zero-order chi connectivity index (χ0) is 19.6. The van der Waals surface area contributed by atoms with Crippen molar-refractivity contribution in [3.63, 3.8) is 0 Å². The minimum absolute atomic E-state index is 0.0329. The number of carbonyl (C=O) groups is 2. The monoisotopic (exact) mass is 368 g/mol. The van der Waals surface area contributed by atoms with Crippen LogP contribution in [-0.4, -0.2) is 32.6 Å². The van der Waals surface area contributed by atoms with Crippen molar-refractivity contribution >= 4 is 23.2 Å². The molecule has 1 saturated heterocycles. The third-order valence-electron chi connectivity index (χ3n) is 4.79. The number of hydrogen-bond acceptors (Lipinski definition) is 4. The molecule has 27 heavy (non-hydrogen) atoms. The zero-order valence-electron chi connectivity index (χ0n) is 16.0. The molecule has 0 radical (unpaired) electrons. The summed E-state index contributed by atoms with van der Waals surface area (Å²) in [7, 11) is 3.10. The molecule has 0 aliphatic carbocycles. The van der Waals surface area contributed by atoms with Crippen LogP contribution >= 0.6 is 0 Å². The van der Waals surface area contributed by atoms with Crippen LogP contribution in [0.15, 0.2) is 36.4 Å². The molecule has 1 unspecified atom stereocenters. The Balaban J connectivity index is 1.72. The quantitative estimate of drug-likeness (QED) is 0.879. The second kappa shape index (κ2) is 7.70. The average Bonchev–Trinajstić information content (AvgIpc) is 3.03. The number of anilines is 2. The first-order valence-corrected chi connectivity index (χ1v) is 8.83. The fourth-order valence-corrected chi connectivity index (χ4v) is 3.38. The van der Waals surface area contributed by atoms with Crippen molar-refractivity contribution in [2.24, 2.45) is 5.92 Å². The molecule has 0 spiro atoms. The van der Waals surface area contributed by atoms with Crippen LogP contribution in [0.4, 0.5) is 11.4 Å². The molecule has 6 nitrogen and oxygen atoms in total. The summed E-state index contributed by atoms with van der Waals surface area (Å²) in [4.78, 5) is 26.8. The standard InChI is InChI=1S/C21H24N2O4/c1-13-5-7-17(14(2)9-13)23-12-15(10-20(23)24)21(25)22-16-6-8-18(26-3)19(11-16)27-4/h5-9,11,15H,10,12H2,1-4H3,(H,22,25). The normalized spacial score (nSPS) is 16.4. The summed E-state index contributed by atoms with van der Waals surface area (Å²) < 4.78 is 10.5. The third kappa shape index (κ3) is 3.89. The van der Waals surface area contributed by atoms with Gasteiger partial charge in [0.15, 0.2) is 11.5 Å².